The van der Waals surface area contributed by atoms with E-state index in [1.54, 1.807) is 31.4 Å². The molecular formula is C21H19BrClNO4S. The minimum absolute atomic E-state index is 0.178. The second kappa shape index (κ2) is 10.1. The number of hydrogen-bond donors (Lipinski definition) is 1. The van der Waals surface area contributed by atoms with Crippen molar-refractivity contribution in [2.45, 2.75) is 18.1 Å². The van der Waals surface area contributed by atoms with E-state index in [0.29, 0.717) is 28.8 Å². The third-order valence-corrected chi connectivity index (χ3v) is 6.12. The molecule has 3 aromatic rings. The van der Waals surface area contributed by atoms with Crippen molar-refractivity contribution in [1.82, 2.24) is 5.32 Å². The van der Waals surface area contributed by atoms with Gasteiger partial charge in [0.1, 0.15) is 11.5 Å². The van der Waals surface area contributed by atoms with Gasteiger partial charge in [-0.1, -0.05) is 39.7 Å². The van der Waals surface area contributed by atoms with Gasteiger partial charge >= 0.3 is 0 Å². The van der Waals surface area contributed by atoms with E-state index in [2.05, 4.69) is 21.2 Å². The summed E-state index contributed by atoms with van der Waals surface area (Å²) in [6, 6.07) is 16.1. The number of carbonyl (C=O) groups is 1. The zero-order valence-electron chi connectivity index (χ0n) is 15.6. The zero-order valence-corrected chi connectivity index (χ0v) is 18.8. The van der Waals surface area contributed by atoms with E-state index in [1.807, 2.05) is 30.3 Å². The van der Waals surface area contributed by atoms with Crippen LogP contribution in [0.3, 0.4) is 0 Å². The lowest BCUT2D eigenvalue weighted by molar-refractivity contribution is 0.0921. The predicted octanol–water partition coefficient (Wildman–Crippen LogP) is 5.08. The van der Waals surface area contributed by atoms with Gasteiger partial charge in [0, 0.05) is 38.2 Å². The Hall–Kier alpha value is -2.09. The molecule has 0 fully saturated rings. The van der Waals surface area contributed by atoms with E-state index in [4.69, 9.17) is 20.8 Å². The van der Waals surface area contributed by atoms with Crippen molar-refractivity contribution in [3.8, 4) is 5.75 Å². The van der Waals surface area contributed by atoms with Crippen LogP contribution < -0.4 is 10.1 Å². The molecule has 1 atom stereocenters. The van der Waals surface area contributed by atoms with E-state index in [-0.39, 0.29) is 17.4 Å². The molecule has 1 N–H and O–H groups in total. The van der Waals surface area contributed by atoms with Crippen molar-refractivity contribution in [3.05, 3.63) is 86.7 Å². The van der Waals surface area contributed by atoms with Gasteiger partial charge in [-0.3, -0.25) is 9.00 Å². The monoisotopic (exact) mass is 495 g/mol. The number of halogens is 2. The number of ether oxygens (including phenoxy) is 1. The highest BCUT2D eigenvalue weighted by Gasteiger charge is 2.14. The molecule has 3 rings (SSSR count). The van der Waals surface area contributed by atoms with E-state index in [1.165, 1.54) is 0 Å². The third kappa shape index (κ3) is 6.19. The molecule has 0 bridgehead atoms. The van der Waals surface area contributed by atoms with Gasteiger partial charge in [-0.25, -0.2) is 0 Å². The van der Waals surface area contributed by atoms with Crippen LogP contribution in [0, 0.1) is 0 Å². The maximum Gasteiger partial charge on any atom is 0.287 e. The molecule has 0 aliphatic heterocycles. The SMILES string of the molecule is COc1ccc(Br)cc1CNC(=O)c1ccc(C[S@](=O)Cc2ccc(Cl)cc2)o1. The van der Waals surface area contributed by atoms with Crippen LogP contribution in [0.25, 0.3) is 0 Å². The first-order chi connectivity index (χ1) is 13.9. The van der Waals surface area contributed by atoms with Crippen molar-refractivity contribution >= 4 is 44.2 Å². The van der Waals surface area contributed by atoms with Gasteiger partial charge in [0.15, 0.2) is 5.76 Å². The van der Waals surface area contributed by atoms with Crippen molar-refractivity contribution in [2.75, 3.05) is 7.11 Å². The first kappa shape index (κ1) is 21.6. The fourth-order valence-electron chi connectivity index (χ4n) is 2.70. The van der Waals surface area contributed by atoms with Crippen LogP contribution >= 0.6 is 27.5 Å². The number of methoxy groups -OCH3 is 1. The fraction of sp³-hybridized carbons (Fsp3) is 0.190. The lowest BCUT2D eigenvalue weighted by atomic mass is 10.2. The summed E-state index contributed by atoms with van der Waals surface area (Å²) in [7, 11) is 0.422. The zero-order chi connectivity index (χ0) is 20.8. The molecule has 29 heavy (non-hydrogen) atoms. The van der Waals surface area contributed by atoms with Crippen LogP contribution in [-0.4, -0.2) is 17.2 Å². The van der Waals surface area contributed by atoms with E-state index in [0.717, 1.165) is 15.6 Å². The molecular weight excluding hydrogens is 478 g/mol. The molecule has 0 unspecified atom stereocenters. The van der Waals surface area contributed by atoms with Gasteiger partial charge in [-0.15, -0.1) is 0 Å². The molecule has 0 spiro atoms. The van der Waals surface area contributed by atoms with Gasteiger partial charge in [-0.2, -0.15) is 0 Å². The van der Waals surface area contributed by atoms with Crippen molar-refractivity contribution in [3.63, 3.8) is 0 Å². The van der Waals surface area contributed by atoms with Crippen LogP contribution in [-0.2, 0) is 28.9 Å². The summed E-state index contributed by atoms with van der Waals surface area (Å²) in [5, 5.41) is 3.45. The minimum Gasteiger partial charge on any atom is -0.496 e. The minimum atomic E-state index is -1.16. The van der Waals surface area contributed by atoms with Crippen LogP contribution in [0.1, 0.15) is 27.4 Å². The average molecular weight is 497 g/mol. The Kier molecular flexibility index (Phi) is 7.52. The fourth-order valence-corrected chi connectivity index (χ4v) is 4.37. The molecule has 0 saturated carbocycles. The molecule has 2 aromatic carbocycles. The number of hydrogen-bond acceptors (Lipinski definition) is 4. The van der Waals surface area contributed by atoms with Crippen LogP contribution in [0.2, 0.25) is 5.02 Å². The molecule has 0 aliphatic carbocycles. The molecule has 1 aromatic heterocycles. The molecule has 0 radical (unpaired) electrons. The highest BCUT2D eigenvalue weighted by Crippen LogP contribution is 2.23. The Morgan fingerprint density at radius 2 is 1.90 bits per heavy atom. The number of carbonyl (C=O) groups excluding carboxylic acids is 1. The number of furan rings is 1. The lowest BCUT2D eigenvalue weighted by Gasteiger charge is -2.09. The quantitative estimate of drug-likeness (QED) is 0.472. The molecule has 5 nitrogen and oxygen atoms in total. The Morgan fingerprint density at radius 1 is 1.14 bits per heavy atom. The first-order valence-electron chi connectivity index (χ1n) is 8.73. The van der Waals surface area contributed by atoms with E-state index in [9.17, 15) is 9.00 Å². The van der Waals surface area contributed by atoms with Crippen molar-refractivity contribution < 1.29 is 18.2 Å². The standard InChI is InChI=1S/C21H19BrClNO4S/c1-27-19-8-4-16(22)10-15(19)11-24-21(25)20-9-7-18(28-20)13-29(26)12-14-2-5-17(23)6-3-14/h2-10H,11-13H2,1H3,(H,24,25)/t29-/m1/s1. The molecule has 8 heteroatoms. The van der Waals surface area contributed by atoms with E-state index < -0.39 is 10.8 Å². The Bertz CT molecular complexity index is 1020. The predicted molar refractivity (Wildman–Crippen MR) is 118 cm³/mol. The Labute approximate surface area is 185 Å². The summed E-state index contributed by atoms with van der Waals surface area (Å²) in [5.41, 5.74) is 1.77. The number of nitrogens with one attached hydrogen (secondary N) is 1. The van der Waals surface area contributed by atoms with Gasteiger partial charge in [0.05, 0.1) is 12.9 Å². The van der Waals surface area contributed by atoms with Crippen LogP contribution in [0.4, 0.5) is 0 Å². The summed E-state index contributed by atoms with van der Waals surface area (Å²) in [6.45, 7) is 0.292. The highest BCUT2D eigenvalue weighted by atomic mass is 79.9. The smallest absolute Gasteiger partial charge is 0.287 e. The third-order valence-electron chi connectivity index (χ3n) is 4.11. The topological polar surface area (TPSA) is 68.5 Å². The number of amides is 1. The van der Waals surface area contributed by atoms with Gasteiger partial charge in [0.25, 0.3) is 5.91 Å². The molecule has 0 saturated heterocycles. The van der Waals surface area contributed by atoms with Gasteiger partial charge in [0.2, 0.25) is 0 Å². The molecule has 1 amide bonds. The number of rotatable bonds is 8. The second-order valence-electron chi connectivity index (χ2n) is 6.26. The summed E-state index contributed by atoms with van der Waals surface area (Å²) in [4.78, 5) is 12.4. The molecule has 152 valence electrons. The summed E-state index contributed by atoms with van der Waals surface area (Å²) >= 11 is 9.27. The number of benzene rings is 2. The van der Waals surface area contributed by atoms with Crippen LogP contribution in [0.5, 0.6) is 5.75 Å². The summed E-state index contributed by atoms with van der Waals surface area (Å²) in [6.07, 6.45) is 0. The Balaban J connectivity index is 1.56. The maximum absolute atomic E-state index is 12.4. The summed E-state index contributed by atoms with van der Waals surface area (Å²) < 4.78 is 24.1. The van der Waals surface area contributed by atoms with Gasteiger partial charge < -0.3 is 14.5 Å². The molecule has 1 heterocycles. The van der Waals surface area contributed by atoms with Crippen molar-refractivity contribution in [1.29, 1.82) is 0 Å². The lowest BCUT2D eigenvalue weighted by Crippen LogP contribution is -2.22. The molecule has 0 aliphatic rings. The highest BCUT2D eigenvalue weighted by molar-refractivity contribution is 9.10. The second-order valence-corrected chi connectivity index (χ2v) is 9.07. The Morgan fingerprint density at radius 3 is 2.62 bits per heavy atom. The van der Waals surface area contributed by atoms with Gasteiger partial charge in [-0.05, 0) is 48.0 Å². The van der Waals surface area contributed by atoms with Crippen molar-refractivity contribution in [2.24, 2.45) is 0 Å². The van der Waals surface area contributed by atoms with E-state index >= 15 is 0 Å². The van der Waals surface area contributed by atoms with Crippen LogP contribution in [0.15, 0.2) is 63.5 Å². The average Bonchev–Trinajstić information content (AvgIpc) is 3.16. The first-order valence-corrected chi connectivity index (χ1v) is 11.4. The normalized spacial score (nSPS) is 11.8. The summed E-state index contributed by atoms with van der Waals surface area (Å²) in [5.74, 6) is 1.64. The maximum atomic E-state index is 12.4. The largest absolute Gasteiger partial charge is 0.496 e.